The monoisotopic (exact) mass is 272 g/mol. The second-order valence-corrected chi connectivity index (χ2v) is 6.21. The van der Waals surface area contributed by atoms with Crippen molar-refractivity contribution in [1.82, 2.24) is 14.7 Å². The number of aryl methyl sites for hydroxylation is 1. The molecule has 0 bridgehead atoms. The number of aromatic nitrogens is 1. The van der Waals surface area contributed by atoms with Crippen LogP contribution in [0.15, 0.2) is 17.2 Å². The Kier molecular flexibility index (Phi) is 3.42. The van der Waals surface area contributed by atoms with Gasteiger partial charge in [-0.3, -0.25) is 10.2 Å². The predicted molar refractivity (Wildman–Crippen MR) is 65.0 cm³/mol. The van der Waals surface area contributed by atoms with Gasteiger partial charge >= 0.3 is 0 Å². The minimum Gasteiger partial charge on any atom is -0.345 e. The van der Waals surface area contributed by atoms with Crippen LogP contribution in [0.5, 0.6) is 0 Å². The molecule has 1 aromatic rings. The molecule has 0 aromatic carbocycles. The molecule has 4 N–H and O–H groups in total. The molecule has 1 aromatic heterocycles. The molecule has 0 unspecified atom stereocenters. The van der Waals surface area contributed by atoms with Crippen LogP contribution in [0.25, 0.3) is 0 Å². The molecule has 0 atom stereocenters. The molecule has 1 fully saturated rings. The maximum absolute atomic E-state index is 12.0. The number of hydrazine groups is 1. The quantitative estimate of drug-likeness (QED) is 0.375. The summed E-state index contributed by atoms with van der Waals surface area (Å²) in [5.41, 5.74) is 2.17. The van der Waals surface area contributed by atoms with Crippen LogP contribution in [0.2, 0.25) is 0 Å². The number of nitrogens with two attached hydrogens (primary N) is 1. The Morgan fingerprint density at radius 3 is 2.78 bits per heavy atom. The third-order valence-corrected chi connectivity index (χ3v) is 4.30. The summed E-state index contributed by atoms with van der Waals surface area (Å²) in [6.07, 6.45) is 3.52. The van der Waals surface area contributed by atoms with E-state index in [1.165, 1.54) is 16.8 Å². The first kappa shape index (κ1) is 13.1. The summed E-state index contributed by atoms with van der Waals surface area (Å²) < 4.78 is 27.9. The van der Waals surface area contributed by atoms with Gasteiger partial charge in [-0.05, 0) is 24.8 Å². The fourth-order valence-corrected chi connectivity index (χ4v) is 2.80. The average Bonchev–Trinajstić information content (AvgIpc) is 3.07. The van der Waals surface area contributed by atoms with Crippen molar-refractivity contribution in [2.75, 3.05) is 6.54 Å². The molecule has 0 spiro atoms. The van der Waals surface area contributed by atoms with Gasteiger partial charge in [-0.25, -0.2) is 19.0 Å². The molecule has 0 radical (unpaired) electrons. The summed E-state index contributed by atoms with van der Waals surface area (Å²) in [5, 5.41) is 0. The fraction of sp³-hybridized carbons (Fsp3) is 0.500. The summed E-state index contributed by atoms with van der Waals surface area (Å²) in [4.78, 5) is 11.5. The van der Waals surface area contributed by atoms with E-state index in [2.05, 4.69) is 4.72 Å². The van der Waals surface area contributed by atoms with Crippen molar-refractivity contribution in [3.63, 3.8) is 0 Å². The van der Waals surface area contributed by atoms with Crippen LogP contribution in [0, 0.1) is 5.92 Å². The van der Waals surface area contributed by atoms with Crippen LogP contribution in [-0.2, 0) is 17.1 Å². The van der Waals surface area contributed by atoms with Gasteiger partial charge in [0.15, 0.2) is 0 Å². The van der Waals surface area contributed by atoms with Crippen LogP contribution in [0.4, 0.5) is 0 Å². The lowest BCUT2D eigenvalue weighted by Gasteiger charge is -2.02. The average molecular weight is 272 g/mol. The van der Waals surface area contributed by atoms with E-state index >= 15 is 0 Å². The van der Waals surface area contributed by atoms with Gasteiger partial charge in [0.25, 0.3) is 5.91 Å². The van der Waals surface area contributed by atoms with Gasteiger partial charge in [0, 0.05) is 19.8 Å². The topological polar surface area (TPSA) is 106 Å². The maximum Gasteiger partial charge on any atom is 0.281 e. The lowest BCUT2D eigenvalue weighted by Crippen LogP contribution is -2.31. The number of carbonyl (C=O) groups excluding carboxylic acids is 1. The summed E-state index contributed by atoms with van der Waals surface area (Å²) in [5.74, 6) is 4.95. The number of hydrogen-bond donors (Lipinski definition) is 3. The lowest BCUT2D eigenvalue weighted by molar-refractivity contribution is 0.0945. The van der Waals surface area contributed by atoms with Gasteiger partial charge in [0.2, 0.25) is 10.0 Å². The molecule has 1 heterocycles. The summed E-state index contributed by atoms with van der Waals surface area (Å²) >= 11 is 0. The van der Waals surface area contributed by atoms with E-state index in [4.69, 9.17) is 5.84 Å². The highest BCUT2D eigenvalue weighted by molar-refractivity contribution is 7.89. The normalized spacial score (nSPS) is 15.7. The molecule has 8 heteroatoms. The lowest BCUT2D eigenvalue weighted by atomic mass is 10.4. The number of hydrogen-bond acceptors (Lipinski definition) is 4. The molecule has 1 aliphatic carbocycles. The summed E-state index contributed by atoms with van der Waals surface area (Å²) in [7, 11) is -1.96. The van der Waals surface area contributed by atoms with Crippen molar-refractivity contribution in [1.29, 1.82) is 0 Å². The maximum atomic E-state index is 12.0. The Bertz CT molecular complexity index is 560. The minimum atomic E-state index is -3.55. The number of nitrogens with zero attached hydrogens (tertiary/aromatic N) is 1. The highest BCUT2D eigenvalue weighted by atomic mass is 32.2. The van der Waals surface area contributed by atoms with E-state index in [0.29, 0.717) is 12.5 Å². The zero-order valence-electron chi connectivity index (χ0n) is 10.0. The van der Waals surface area contributed by atoms with E-state index in [-0.39, 0.29) is 10.6 Å². The molecule has 18 heavy (non-hydrogen) atoms. The molecular formula is C10H16N4O3S. The number of nitrogens with one attached hydrogen (secondary N) is 2. The largest absolute Gasteiger partial charge is 0.345 e. The third kappa shape index (κ3) is 2.71. The first-order valence-corrected chi connectivity index (χ1v) is 7.09. The minimum absolute atomic E-state index is 0.0734. The van der Waals surface area contributed by atoms with Gasteiger partial charge in [-0.1, -0.05) is 0 Å². The molecule has 0 aliphatic heterocycles. The van der Waals surface area contributed by atoms with E-state index in [0.717, 1.165) is 12.8 Å². The highest BCUT2D eigenvalue weighted by Crippen LogP contribution is 2.28. The van der Waals surface area contributed by atoms with Gasteiger partial charge in [-0.15, -0.1) is 0 Å². The smallest absolute Gasteiger partial charge is 0.281 e. The van der Waals surface area contributed by atoms with Gasteiger partial charge in [0.05, 0.1) is 0 Å². The zero-order chi connectivity index (χ0) is 13.3. The molecule has 1 saturated carbocycles. The number of amides is 1. The number of nitrogen functional groups attached to an aromatic ring is 1. The van der Waals surface area contributed by atoms with Crippen molar-refractivity contribution in [3.8, 4) is 0 Å². The van der Waals surface area contributed by atoms with E-state index < -0.39 is 15.9 Å². The number of sulfonamides is 1. The molecule has 1 amide bonds. The molecule has 7 nitrogen and oxygen atoms in total. The van der Waals surface area contributed by atoms with Crippen molar-refractivity contribution < 1.29 is 13.2 Å². The predicted octanol–water partition coefficient (Wildman–Crippen LogP) is -0.683. The van der Waals surface area contributed by atoms with Gasteiger partial charge in [0.1, 0.15) is 10.6 Å². The highest BCUT2D eigenvalue weighted by Gasteiger charge is 2.25. The van der Waals surface area contributed by atoms with Crippen molar-refractivity contribution >= 4 is 15.9 Å². The molecular weight excluding hydrogens is 256 g/mol. The van der Waals surface area contributed by atoms with Crippen molar-refractivity contribution in [2.45, 2.75) is 17.7 Å². The molecule has 2 rings (SSSR count). The molecule has 100 valence electrons. The van der Waals surface area contributed by atoms with E-state index in [1.54, 1.807) is 7.05 Å². The Morgan fingerprint density at radius 2 is 2.22 bits per heavy atom. The number of rotatable bonds is 5. The van der Waals surface area contributed by atoms with Crippen LogP contribution >= 0.6 is 0 Å². The Labute approximate surface area is 105 Å². The Morgan fingerprint density at radius 1 is 1.56 bits per heavy atom. The first-order chi connectivity index (χ1) is 8.44. The van der Waals surface area contributed by atoms with Crippen LogP contribution < -0.4 is 16.0 Å². The van der Waals surface area contributed by atoms with E-state index in [9.17, 15) is 13.2 Å². The van der Waals surface area contributed by atoms with Crippen molar-refractivity contribution in [2.24, 2.45) is 18.8 Å². The SMILES string of the molecule is Cn1cc(S(=O)(=O)NCC2CC2)cc1C(=O)NN. The van der Waals surface area contributed by atoms with Crippen LogP contribution in [-0.4, -0.2) is 25.4 Å². The Balaban J connectivity index is 2.19. The third-order valence-electron chi connectivity index (χ3n) is 2.91. The zero-order valence-corrected chi connectivity index (χ0v) is 10.8. The fourth-order valence-electron chi connectivity index (χ4n) is 1.61. The van der Waals surface area contributed by atoms with Crippen LogP contribution in [0.1, 0.15) is 23.3 Å². The van der Waals surface area contributed by atoms with Crippen molar-refractivity contribution in [3.05, 3.63) is 18.0 Å². The molecule has 0 saturated heterocycles. The first-order valence-electron chi connectivity index (χ1n) is 5.61. The molecule has 1 aliphatic rings. The van der Waals surface area contributed by atoms with Crippen LogP contribution in [0.3, 0.4) is 0 Å². The second kappa shape index (κ2) is 4.71. The van der Waals surface area contributed by atoms with Gasteiger partial charge < -0.3 is 4.57 Å². The van der Waals surface area contributed by atoms with E-state index in [1.807, 2.05) is 5.43 Å². The van der Waals surface area contributed by atoms with Gasteiger partial charge in [-0.2, -0.15) is 0 Å². The summed E-state index contributed by atoms with van der Waals surface area (Å²) in [6, 6.07) is 1.30. The summed E-state index contributed by atoms with van der Waals surface area (Å²) in [6.45, 7) is 0.454. The standard InChI is InChI=1S/C10H16N4O3S/c1-14-6-8(4-9(14)10(15)13-11)18(16,17)12-5-7-2-3-7/h4,6-7,12H,2-3,5,11H2,1H3,(H,13,15). The Hall–Kier alpha value is -1.38. The number of carbonyl (C=O) groups is 1. The second-order valence-electron chi connectivity index (χ2n) is 4.44.